The third-order valence-electron chi connectivity index (χ3n) is 3.23. The van der Waals surface area contributed by atoms with Gasteiger partial charge < -0.3 is 14.9 Å². The van der Waals surface area contributed by atoms with Crippen LogP contribution in [0.15, 0.2) is 23.3 Å². The van der Waals surface area contributed by atoms with E-state index in [1.54, 1.807) is 12.3 Å². The zero-order valence-corrected chi connectivity index (χ0v) is 13.0. The zero-order chi connectivity index (χ0) is 16.3. The molecule has 6 nitrogen and oxygen atoms in total. The summed E-state index contributed by atoms with van der Waals surface area (Å²) >= 11 is 0. The Morgan fingerprint density at radius 3 is 2.55 bits per heavy atom. The lowest BCUT2D eigenvalue weighted by atomic mass is 10.1. The molecular weight excluding hydrogens is 282 g/mol. The standard InChI is InChI=1S/C11H6N2O2.C5H14NO/c14-9-5-6-1-2-8-7(3-4-12-8)10(6)13-11(9)15;1-6(2,3)4-5-7/h1-5H,(H,13,15);7H,4-5H2,1-3H3/q;+1. The van der Waals surface area contributed by atoms with Crippen molar-refractivity contribution in [1.29, 1.82) is 0 Å². The van der Waals surface area contributed by atoms with Crippen molar-refractivity contribution in [2.75, 3.05) is 39.6 Å². The number of nitrogens with one attached hydrogen (secondary N) is 1. The quantitative estimate of drug-likeness (QED) is 0.559. The molecule has 0 spiro atoms. The lowest BCUT2D eigenvalue weighted by molar-refractivity contribution is -0.870. The maximum absolute atomic E-state index is 11.2. The van der Waals surface area contributed by atoms with Gasteiger partial charge in [0.1, 0.15) is 6.54 Å². The van der Waals surface area contributed by atoms with E-state index in [1.165, 1.54) is 6.08 Å². The van der Waals surface area contributed by atoms with Crippen molar-refractivity contribution in [3.8, 4) is 0 Å². The molecule has 0 atom stereocenters. The van der Waals surface area contributed by atoms with E-state index in [0.29, 0.717) is 5.69 Å². The van der Waals surface area contributed by atoms with Crippen molar-refractivity contribution < 1.29 is 19.2 Å². The number of benzene rings is 1. The number of aliphatic hydroxyl groups is 1. The Morgan fingerprint density at radius 2 is 1.95 bits per heavy atom. The Kier molecular flexibility index (Phi) is 4.54. The number of rotatable bonds is 2. The molecule has 1 aromatic carbocycles. The number of hydrogen-bond acceptors (Lipinski definition) is 4. The molecule has 1 aromatic rings. The number of carbonyl (C=O) groups is 2. The summed E-state index contributed by atoms with van der Waals surface area (Å²) in [5, 5.41) is 12.5. The van der Waals surface area contributed by atoms with Crippen LogP contribution in [0.2, 0.25) is 0 Å². The van der Waals surface area contributed by atoms with Gasteiger partial charge in [-0.25, -0.2) is 0 Å². The molecule has 2 aliphatic heterocycles. The van der Waals surface area contributed by atoms with Gasteiger partial charge in [-0.15, -0.1) is 0 Å². The van der Waals surface area contributed by atoms with Crippen LogP contribution in [-0.4, -0.2) is 55.6 Å². The molecular formula is C16H20N3O3+. The fourth-order valence-corrected chi connectivity index (χ4v) is 2.04. The minimum absolute atomic E-state index is 0.281. The van der Waals surface area contributed by atoms with Crippen LogP contribution in [0.25, 0.3) is 12.2 Å². The highest BCUT2D eigenvalue weighted by atomic mass is 16.3. The van der Waals surface area contributed by atoms with Crippen molar-refractivity contribution >= 4 is 29.5 Å². The molecule has 0 saturated carbocycles. The number of quaternary nitrogens is 1. The van der Waals surface area contributed by atoms with Crippen LogP contribution in [0.1, 0.15) is 5.56 Å². The molecule has 22 heavy (non-hydrogen) atoms. The number of likely N-dealkylation sites (N-methyl/N-ethyl adjacent to an activating group) is 1. The van der Waals surface area contributed by atoms with Crippen LogP contribution in [0.3, 0.4) is 0 Å². The highest BCUT2D eigenvalue weighted by Crippen LogP contribution is 2.13. The van der Waals surface area contributed by atoms with Crippen molar-refractivity contribution in [2.24, 2.45) is 4.99 Å². The monoisotopic (exact) mass is 302 g/mol. The summed E-state index contributed by atoms with van der Waals surface area (Å²) in [6.07, 6.45) is 4.84. The van der Waals surface area contributed by atoms with Gasteiger partial charge in [0.15, 0.2) is 0 Å². The molecule has 0 radical (unpaired) electrons. The van der Waals surface area contributed by atoms with E-state index in [-0.39, 0.29) is 6.61 Å². The lowest BCUT2D eigenvalue weighted by Crippen LogP contribution is -2.36. The number of fused-ring (bicyclic) bond motifs is 3. The second-order valence-corrected chi connectivity index (χ2v) is 6.11. The van der Waals surface area contributed by atoms with Crippen LogP contribution < -0.4 is 15.9 Å². The lowest BCUT2D eigenvalue weighted by Gasteiger charge is -2.21. The largest absolute Gasteiger partial charge is 0.391 e. The molecule has 1 amide bonds. The van der Waals surface area contributed by atoms with Crippen molar-refractivity contribution in [3.05, 3.63) is 34.5 Å². The molecule has 0 fully saturated rings. The van der Waals surface area contributed by atoms with Gasteiger partial charge in [0, 0.05) is 23.1 Å². The van der Waals surface area contributed by atoms with Crippen LogP contribution in [0, 0.1) is 0 Å². The van der Waals surface area contributed by atoms with Gasteiger partial charge in [-0.05, 0) is 12.1 Å². The number of anilines is 1. The minimum atomic E-state index is -0.587. The number of nitrogens with zero attached hydrogens (tertiary/aromatic N) is 2. The van der Waals surface area contributed by atoms with Gasteiger partial charge in [-0.3, -0.25) is 14.6 Å². The minimum Gasteiger partial charge on any atom is -0.391 e. The summed E-state index contributed by atoms with van der Waals surface area (Å²) in [4.78, 5) is 26.5. The second-order valence-electron chi connectivity index (χ2n) is 6.11. The molecule has 3 rings (SSSR count). The van der Waals surface area contributed by atoms with E-state index in [2.05, 4.69) is 31.5 Å². The third-order valence-corrected chi connectivity index (χ3v) is 3.23. The van der Waals surface area contributed by atoms with Gasteiger partial charge in [0.25, 0.3) is 5.91 Å². The van der Waals surface area contributed by atoms with Crippen LogP contribution in [0.4, 0.5) is 5.69 Å². The van der Waals surface area contributed by atoms with Gasteiger partial charge in [-0.2, -0.15) is 0 Å². The predicted molar refractivity (Wildman–Crippen MR) is 84.3 cm³/mol. The van der Waals surface area contributed by atoms with Crippen molar-refractivity contribution in [3.63, 3.8) is 0 Å². The molecule has 0 unspecified atom stereocenters. The molecule has 0 bridgehead atoms. The Morgan fingerprint density at radius 1 is 1.23 bits per heavy atom. The summed E-state index contributed by atoms with van der Waals surface area (Å²) < 4.78 is 0.844. The number of carbonyl (C=O) groups excluding carboxylic acids is 2. The normalized spacial score (nSPS) is 14.9. The SMILES string of the molecule is C[N+](C)(C)CCO.O=C1C=c2ccc3c(c2NC1=O)C=CN=3. The average molecular weight is 302 g/mol. The molecule has 0 aliphatic carbocycles. The zero-order valence-electron chi connectivity index (χ0n) is 13.0. The third kappa shape index (κ3) is 3.66. The molecule has 0 saturated heterocycles. The molecule has 0 aromatic heterocycles. The van der Waals surface area contributed by atoms with Crippen molar-refractivity contribution in [2.45, 2.75) is 0 Å². The highest BCUT2D eigenvalue weighted by Gasteiger charge is 2.19. The molecule has 2 N–H and O–H groups in total. The first-order chi connectivity index (χ1) is 10.3. The number of ketones is 1. The summed E-state index contributed by atoms with van der Waals surface area (Å²) in [7, 11) is 6.16. The first-order valence-corrected chi connectivity index (χ1v) is 6.97. The van der Waals surface area contributed by atoms with E-state index in [1.807, 2.05) is 12.1 Å². The Labute approximate surface area is 128 Å². The van der Waals surface area contributed by atoms with Gasteiger partial charge in [-0.1, -0.05) is 6.07 Å². The fraction of sp³-hybridized carbons (Fsp3) is 0.312. The summed E-state index contributed by atoms with van der Waals surface area (Å²) in [5.74, 6) is -1.10. The molecule has 6 heteroatoms. The first kappa shape index (κ1) is 16.1. The summed E-state index contributed by atoms with van der Waals surface area (Å²) in [6.45, 7) is 1.11. The van der Waals surface area contributed by atoms with Gasteiger partial charge >= 0.3 is 0 Å². The second kappa shape index (κ2) is 6.21. The maximum atomic E-state index is 11.2. The van der Waals surface area contributed by atoms with Crippen molar-refractivity contribution in [1.82, 2.24) is 0 Å². The van der Waals surface area contributed by atoms with E-state index in [0.717, 1.165) is 27.2 Å². The van der Waals surface area contributed by atoms with Crippen LogP contribution >= 0.6 is 0 Å². The van der Waals surface area contributed by atoms with Crippen LogP contribution in [0.5, 0.6) is 0 Å². The molecule has 116 valence electrons. The van der Waals surface area contributed by atoms with E-state index in [9.17, 15) is 9.59 Å². The number of aliphatic hydroxyl groups excluding tert-OH is 1. The number of Topliss-reactive ketones (excluding diaryl/α,β-unsaturated/α-hetero) is 1. The first-order valence-electron chi connectivity index (χ1n) is 6.97. The Balaban J connectivity index is 0.000000217. The van der Waals surface area contributed by atoms with E-state index < -0.39 is 11.7 Å². The summed E-state index contributed by atoms with van der Waals surface area (Å²) in [5.41, 5.74) is 1.54. The Bertz CT molecular complexity index is 758. The number of hydrogen-bond donors (Lipinski definition) is 2. The van der Waals surface area contributed by atoms with E-state index in [4.69, 9.17) is 5.11 Å². The smallest absolute Gasteiger partial charge is 0.296 e. The number of amides is 1. The van der Waals surface area contributed by atoms with Crippen LogP contribution in [-0.2, 0) is 9.59 Å². The average Bonchev–Trinajstić information content (AvgIpc) is 2.88. The topological polar surface area (TPSA) is 78.8 Å². The molecule has 2 heterocycles. The van der Waals surface area contributed by atoms with Gasteiger partial charge in [0.2, 0.25) is 5.78 Å². The predicted octanol–water partition coefficient (Wildman–Crippen LogP) is -0.723. The highest BCUT2D eigenvalue weighted by molar-refractivity contribution is 6.52. The molecule has 2 aliphatic rings. The van der Waals surface area contributed by atoms with Gasteiger partial charge in [0.05, 0.1) is 38.8 Å². The Hall–Kier alpha value is -2.31. The van der Waals surface area contributed by atoms with E-state index >= 15 is 0 Å². The summed E-state index contributed by atoms with van der Waals surface area (Å²) in [6, 6.07) is 3.61. The fourth-order valence-electron chi connectivity index (χ4n) is 2.04. The maximum Gasteiger partial charge on any atom is 0.296 e.